The minimum Gasteiger partial charge on any atom is -0.493 e. The van der Waals surface area contributed by atoms with Gasteiger partial charge in [0.1, 0.15) is 5.75 Å². The second kappa shape index (κ2) is 9.08. The predicted molar refractivity (Wildman–Crippen MR) is 100 cm³/mol. The lowest BCUT2D eigenvalue weighted by Gasteiger charge is -2.16. The Morgan fingerprint density at radius 1 is 1.16 bits per heavy atom. The third-order valence-electron chi connectivity index (χ3n) is 3.45. The van der Waals surface area contributed by atoms with Gasteiger partial charge in [-0.1, -0.05) is 34.1 Å². The minimum atomic E-state index is -0.408. The van der Waals surface area contributed by atoms with E-state index < -0.39 is 5.91 Å². The lowest BCUT2D eigenvalue weighted by atomic mass is 10.1. The molecular formula is C18H20BrN3O3. The number of hydrogen-bond donors (Lipinski definition) is 3. The van der Waals surface area contributed by atoms with E-state index in [0.717, 1.165) is 10.0 Å². The average molecular weight is 406 g/mol. The van der Waals surface area contributed by atoms with Crippen LogP contribution in [0.4, 0.5) is 10.5 Å². The highest BCUT2D eigenvalue weighted by Gasteiger charge is 2.12. The van der Waals surface area contributed by atoms with Crippen molar-refractivity contribution in [1.82, 2.24) is 5.32 Å². The number of primary amides is 1. The van der Waals surface area contributed by atoms with Gasteiger partial charge in [-0.3, -0.25) is 4.79 Å². The van der Waals surface area contributed by atoms with E-state index in [1.54, 1.807) is 24.3 Å². The maximum absolute atomic E-state index is 12.1. The maximum atomic E-state index is 12.1. The summed E-state index contributed by atoms with van der Waals surface area (Å²) in [4.78, 5) is 22.8. The fourth-order valence-corrected chi connectivity index (χ4v) is 2.80. The number of benzene rings is 2. The summed E-state index contributed by atoms with van der Waals surface area (Å²) in [6.45, 7) is 2.14. The molecule has 3 amide bonds. The highest BCUT2D eigenvalue weighted by atomic mass is 79.9. The van der Waals surface area contributed by atoms with Gasteiger partial charge in [-0.05, 0) is 42.8 Å². The van der Waals surface area contributed by atoms with Crippen molar-refractivity contribution in [2.75, 3.05) is 11.9 Å². The van der Waals surface area contributed by atoms with Crippen molar-refractivity contribution in [1.29, 1.82) is 0 Å². The van der Waals surface area contributed by atoms with Crippen LogP contribution in [0.5, 0.6) is 5.75 Å². The van der Waals surface area contributed by atoms with Gasteiger partial charge in [0.05, 0.1) is 19.1 Å². The number of nitrogens with one attached hydrogen (secondary N) is 2. The number of halogens is 1. The first-order chi connectivity index (χ1) is 12.0. The molecule has 0 aliphatic heterocycles. The van der Waals surface area contributed by atoms with E-state index in [9.17, 15) is 9.59 Å². The maximum Gasteiger partial charge on any atom is 0.319 e. The molecule has 7 heteroatoms. The lowest BCUT2D eigenvalue weighted by molar-refractivity contribution is -0.118. The number of carbonyl (C=O) groups is 2. The molecule has 0 saturated carbocycles. The van der Waals surface area contributed by atoms with Crippen LogP contribution in [-0.4, -0.2) is 18.5 Å². The molecule has 1 atom stereocenters. The van der Waals surface area contributed by atoms with Gasteiger partial charge in [0, 0.05) is 10.2 Å². The van der Waals surface area contributed by atoms with Crippen LogP contribution < -0.4 is 21.1 Å². The first-order valence-electron chi connectivity index (χ1n) is 7.79. The molecular weight excluding hydrogens is 386 g/mol. The van der Waals surface area contributed by atoms with E-state index in [0.29, 0.717) is 11.4 Å². The van der Waals surface area contributed by atoms with E-state index in [2.05, 4.69) is 26.6 Å². The number of rotatable bonds is 7. The molecule has 6 nitrogen and oxygen atoms in total. The molecule has 4 N–H and O–H groups in total. The summed E-state index contributed by atoms with van der Waals surface area (Å²) in [6, 6.07) is 14.2. The van der Waals surface area contributed by atoms with Crippen LogP contribution in [-0.2, 0) is 4.79 Å². The van der Waals surface area contributed by atoms with E-state index in [1.807, 2.05) is 31.2 Å². The zero-order chi connectivity index (χ0) is 18.2. The van der Waals surface area contributed by atoms with Crippen molar-refractivity contribution in [2.45, 2.75) is 19.4 Å². The Balaban J connectivity index is 1.86. The quantitative estimate of drug-likeness (QED) is 0.656. The molecule has 0 aliphatic rings. The zero-order valence-electron chi connectivity index (χ0n) is 13.8. The molecule has 0 heterocycles. The van der Waals surface area contributed by atoms with E-state index in [1.165, 1.54) is 0 Å². The second-order valence-corrected chi connectivity index (χ2v) is 6.29. The van der Waals surface area contributed by atoms with Crippen molar-refractivity contribution >= 4 is 33.6 Å². The molecule has 132 valence electrons. The summed E-state index contributed by atoms with van der Waals surface area (Å²) in [5.74, 6) is 0.197. The lowest BCUT2D eigenvalue weighted by Crippen LogP contribution is -2.31. The van der Waals surface area contributed by atoms with Crippen molar-refractivity contribution < 1.29 is 14.3 Å². The topological polar surface area (TPSA) is 93.4 Å². The first kappa shape index (κ1) is 18.8. The zero-order valence-corrected chi connectivity index (χ0v) is 15.4. The molecule has 2 aromatic rings. The number of ether oxygens (including phenoxy) is 1. The third-order valence-corrected chi connectivity index (χ3v) is 4.17. The van der Waals surface area contributed by atoms with Crippen LogP contribution in [0.2, 0.25) is 0 Å². The summed E-state index contributed by atoms with van der Waals surface area (Å²) in [5.41, 5.74) is 6.68. The molecule has 0 fully saturated rings. The second-order valence-electron chi connectivity index (χ2n) is 5.43. The summed E-state index contributed by atoms with van der Waals surface area (Å²) >= 11 is 3.48. The van der Waals surface area contributed by atoms with Gasteiger partial charge in [0.2, 0.25) is 5.91 Å². The molecule has 0 aliphatic carbocycles. The number of nitrogens with two attached hydrogens (primary N) is 1. The molecule has 0 aromatic heterocycles. The standard InChI is InChI=1S/C18H20BrN3O3/c1-12(15-4-2-3-5-16(15)19)21-18(24)22-13-6-8-14(9-7-13)25-11-10-17(20)23/h2-9,12H,10-11H2,1H3,(H2,20,23)(H2,21,22,24). The van der Waals surface area contributed by atoms with Crippen molar-refractivity contribution in [2.24, 2.45) is 5.73 Å². The van der Waals surface area contributed by atoms with Crippen LogP contribution in [0.25, 0.3) is 0 Å². The Kier molecular flexibility index (Phi) is 6.82. The molecule has 2 aromatic carbocycles. The molecule has 0 spiro atoms. The van der Waals surface area contributed by atoms with Crippen LogP contribution in [0, 0.1) is 0 Å². The Labute approximate surface area is 154 Å². The molecule has 0 bridgehead atoms. The monoisotopic (exact) mass is 405 g/mol. The fourth-order valence-electron chi connectivity index (χ4n) is 2.17. The number of hydrogen-bond acceptors (Lipinski definition) is 3. The van der Waals surface area contributed by atoms with Crippen LogP contribution in [0.3, 0.4) is 0 Å². The van der Waals surface area contributed by atoms with Gasteiger partial charge in [0.15, 0.2) is 0 Å². The molecule has 2 rings (SSSR count). The van der Waals surface area contributed by atoms with Gasteiger partial charge in [-0.2, -0.15) is 0 Å². The summed E-state index contributed by atoms with van der Waals surface area (Å²) in [6.07, 6.45) is 0.162. The van der Waals surface area contributed by atoms with E-state index >= 15 is 0 Å². The van der Waals surface area contributed by atoms with Crippen molar-refractivity contribution in [3.63, 3.8) is 0 Å². The summed E-state index contributed by atoms with van der Waals surface area (Å²) < 4.78 is 6.32. The average Bonchev–Trinajstić information content (AvgIpc) is 2.56. The SMILES string of the molecule is CC(NC(=O)Nc1ccc(OCCC(N)=O)cc1)c1ccccc1Br. The van der Waals surface area contributed by atoms with E-state index in [4.69, 9.17) is 10.5 Å². The van der Waals surface area contributed by atoms with Gasteiger partial charge in [0.25, 0.3) is 0 Å². The molecule has 0 saturated heterocycles. The fraction of sp³-hybridized carbons (Fsp3) is 0.222. The highest BCUT2D eigenvalue weighted by molar-refractivity contribution is 9.10. The van der Waals surface area contributed by atoms with Crippen molar-refractivity contribution in [3.8, 4) is 5.75 Å². The van der Waals surface area contributed by atoms with E-state index in [-0.39, 0.29) is 25.1 Å². The number of carbonyl (C=O) groups excluding carboxylic acids is 2. The smallest absolute Gasteiger partial charge is 0.319 e. The van der Waals surface area contributed by atoms with Crippen molar-refractivity contribution in [3.05, 3.63) is 58.6 Å². The summed E-state index contributed by atoms with van der Waals surface area (Å²) in [5, 5.41) is 5.65. The van der Waals surface area contributed by atoms with Crippen LogP contribution in [0.1, 0.15) is 24.9 Å². The minimum absolute atomic E-state index is 0.146. The number of amides is 3. The Morgan fingerprint density at radius 2 is 1.84 bits per heavy atom. The Bertz CT molecular complexity index is 735. The Morgan fingerprint density at radius 3 is 2.48 bits per heavy atom. The summed E-state index contributed by atoms with van der Waals surface area (Å²) in [7, 11) is 0. The van der Waals surface area contributed by atoms with Gasteiger partial charge >= 0.3 is 6.03 Å². The first-order valence-corrected chi connectivity index (χ1v) is 8.58. The van der Waals surface area contributed by atoms with Crippen LogP contribution in [0.15, 0.2) is 53.0 Å². The third kappa shape index (κ3) is 6.11. The number of urea groups is 1. The van der Waals surface area contributed by atoms with Crippen LogP contribution >= 0.6 is 15.9 Å². The Hall–Kier alpha value is -2.54. The van der Waals surface area contributed by atoms with Gasteiger partial charge in [-0.25, -0.2) is 4.79 Å². The molecule has 0 radical (unpaired) electrons. The van der Waals surface area contributed by atoms with Gasteiger partial charge < -0.3 is 21.1 Å². The molecule has 25 heavy (non-hydrogen) atoms. The van der Waals surface area contributed by atoms with Gasteiger partial charge in [-0.15, -0.1) is 0 Å². The molecule has 1 unspecified atom stereocenters. The normalized spacial score (nSPS) is 11.4. The predicted octanol–water partition coefficient (Wildman–Crippen LogP) is 3.59. The largest absolute Gasteiger partial charge is 0.493 e. The highest BCUT2D eigenvalue weighted by Crippen LogP contribution is 2.23. The number of anilines is 1.